The molecule has 0 aliphatic heterocycles. The number of hydrogen-bond acceptors (Lipinski definition) is 4. The van der Waals surface area contributed by atoms with Crippen LogP contribution in [0.4, 0.5) is 0 Å². The highest BCUT2D eigenvalue weighted by molar-refractivity contribution is 9.10. The smallest absolute Gasteiger partial charge is 0.359 e. The Balaban J connectivity index is 1.96. The van der Waals surface area contributed by atoms with Crippen LogP contribution in [0.25, 0.3) is 27.7 Å². The van der Waals surface area contributed by atoms with E-state index in [1.165, 1.54) is 7.11 Å². The molecule has 0 aliphatic rings. The second-order valence-electron chi connectivity index (χ2n) is 5.87. The summed E-state index contributed by atoms with van der Waals surface area (Å²) in [5, 5.41) is 9.45. The van der Waals surface area contributed by atoms with Crippen molar-refractivity contribution in [3.05, 3.63) is 65.0 Å². The van der Waals surface area contributed by atoms with E-state index in [4.69, 9.17) is 4.74 Å². The van der Waals surface area contributed by atoms with E-state index in [9.17, 15) is 4.79 Å². The van der Waals surface area contributed by atoms with Gasteiger partial charge in [-0.25, -0.2) is 9.48 Å². The zero-order chi connectivity index (χ0) is 18.3. The zero-order valence-corrected chi connectivity index (χ0v) is 15.8. The molecule has 0 spiro atoms. The summed E-state index contributed by atoms with van der Waals surface area (Å²) in [4.78, 5) is 12.3. The van der Waals surface area contributed by atoms with Crippen LogP contribution in [0.1, 0.15) is 10.5 Å². The van der Waals surface area contributed by atoms with E-state index in [1.54, 1.807) is 15.6 Å². The first-order chi connectivity index (χ1) is 12.6. The van der Waals surface area contributed by atoms with Crippen LogP contribution in [0.5, 0.6) is 0 Å². The molecular weight excluding hydrogens is 396 g/mol. The average molecular weight is 411 g/mol. The third-order valence-electron chi connectivity index (χ3n) is 4.15. The van der Waals surface area contributed by atoms with Gasteiger partial charge in [0.2, 0.25) is 0 Å². The van der Waals surface area contributed by atoms with E-state index in [2.05, 4.69) is 26.1 Å². The molecule has 0 bridgehead atoms. The van der Waals surface area contributed by atoms with Gasteiger partial charge >= 0.3 is 5.97 Å². The van der Waals surface area contributed by atoms with Crippen LogP contribution in [0.2, 0.25) is 0 Å². The summed E-state index contributed by atoms with van der Waals surface area (Å²) in [6.45, 7) is 0. The van der Waals surface area contributed by atoms with E-state index in [1.807, 2.05) is 55.7 Å². The van der Waals surface area contributed by atoms with Gasteiger partial charge in [-0.2, -0.15) is 10.2 Å². The van der Waals surface area contributed by atoms with Gasteiger partial charge in [-0.1, -0.05) is 28.1 Å². The fourth-order valence-electron chi connectivity index (χ4n) is 2.92. The first kappa shape index (κ1) is 16.5. The van der Waals surface area contributed by atoms with Gasteiger partial charge in [-0.05, 0) is 35.9 Å². The third kappa shape index (κ3) is 2.80. The van der Waals surface area contributed by atoms with Crippen molar-refractivity contribution in [3.8, 4) is 16.8 Å². The molecule has 0 saturated carbocycles. The predicted molar refractivity (Wildman–Crippen MR) is 102 cm³/mol. The summed E-state index contributed by atoms with van der Waals surface area (Å²) in [5.74, 6) is -0.466. The van der Waals surface area contributed by atoms with Crippen molar-refractivity contribution in [2.24, 2.45) is 7.05 Å². The summed E-state index contributed by atoms with van der Waals surface area (Å²) >= 11 is 3.48. The van der Waals surface area contributed by atoms with Gasteiger partial charge in [0, 0.05) is 28.7 Å². The van der Waals surface area contributed by atoms with Crippen molar-refractivity contribution in [1.82, 2.24) is 19.6 Å². The highest BCUT2D eigenvalue weighted by atomic mass is 79.9. The second-order valence-corrected chi connectivity index (χ2v) is 6.78. The number of carbonyl (C=O) groups excluding carboxylic acids is 1. The number of ether oxygens (including phenoxy) is 1. The van der Waals surface area contributed by atoms with Crippen molar-refractivity contribution in [2.45, 2.75) is 0 Å². The van der Waals surface area contributed by atoms with Crippen molar-refractivity contribution < 1.29 is 9.53 Å². The fraction of sp³-hybridized carbons (Fsp3) is 0.105. The molecule has 0 unspecified atom stereocenters. The summed E-state index contributed by atoms with van der Waals surface area (Å²) < 4.78 is 9.35. The molecule has 0 atom stereocenters. The molecule has 4 rings (SSSR count). The van der Waals surface area contributed by atoms with Gasteiger partial charge in [0.15, 0.2) is 5.69 Å². The van der Waals surface area contributed by atoms with Gasteiger partial charge in [0.25, 0.3) is 0 Å². The maximum Gasteiger partial charge on any atom is 0.359 e. The number of methoxy groups -OCH3 is 1. The van der Waals surface area contributed by atoms with Gasteiger partial charge in [-0.15, -0.1) is 0 Å². The van der Waals surface area contributed by atoms with Gasteiger partial charge in [0.1, 0.15) is 0 Å². The largest absolute Gasteiger partial charge is 0.464 e. The highest BCUT2D eigenvalue weighted by Gasteiger charge is 2.19. The van der Waals surface area contributed by atoms with Crippen LogP contribution in [0.15, 0.2) is 59.3 Å². The summed E-state index contributed by atoms with van der Waals surface area (Å²) in [6, 6.07) is 13.6. The molecule has 7 heteroatoms. The number of aromatic nitrogens is 4. The SMILES string of the molecule is COC(=O)c1nn(-c2cccc(Br)c2)c2ccc(-c3cnn(C)c3)cc12. The number of aryl methyl sites for hydroxylation is 1. The lowest BCUT2D eigenvalue weighted by Crippen LogP contribution is -2.04. The lowest BCUT2D eigenvalue weighted by Gasteiger charge is -2.04. The topological polar surface area (TPSA) is 61.9 Å². The predicted octanol–water partition coefficient (Wildman–Crippen LogP) is 3.98. The second kappa shape index (κ2) is 6.42. The van der Waals surface area contributed by atoms with Crippen LogP contribution in [-0.2, 0) is 11.8 Å². The Bertz CT molecular complexity index is 1130. The van der Waals surface area contributed by atoms with Crippen molar-refractivity contribution >= 4 is 32.8 Å². The first-order valence-corrected chi connectivity index (χ1v) is 8.72. The Morgan fingerprint density at radius 3 is 2.69 bits per heavy atom. The average Bonchev–Trinajstić information content (AvgIpc) is 3.24. The Hall–Kier alpha value is -2.93. The molecular formula is C19H15BrN4O2. The Morgan fingerprint density at radius 1 is 1.15 bits per heavy atom. The fourth-order valence-corrected chi connectivity index (χ4v) is 3.31. The van der Waals surface area contributed by atoms with E-state index in [-0.39, 0.29) is 5.69 Å². The molecule has 2 heterocycles. The molecule has 0 saturated heterocycles. The summed E-state index contributed by atoms with van der Waals surface area (Å²) in [5.41, 5.74) is 3.91. The molecule has 130 valence electrons. The minimum absolute atomic E-state index is 0.285. The zero-order valence-electron chi connectivity index (χ0n) is 14.2. The highest BCUT2D eigenvalue weighted by Crippen LogP contribution is 2.29. The van der Waals surface area contributed by atoms with Crippen LogP contribution < -0.4 is 0 Å². The number of rotatable bonds is 3. The lowest BCUT2D eigenvalue weighted by molar-refractivity contribution is 0.0595. The molecule has 4 aromatic rings. The quantitative estimate of drug-likeness (QED) is 0.479. The molecule has 26 heavy (non-hydrogen) atoms. The normalized spacial score (nSPS) is 11.0. The van der Waals surface area contributed by atoms with E-state index in [0.717, 1.165) is 32.2 Å². The van der Waals surface area contributed by atoms with Crippen LogP contribution in [0, 0.1) is 0 Å². The third-order valence-corrected chi connectivity index (χ3v) is 4.64. The molecule has 2 aromatic carbocycles. The van der Waals surface area contributed by atoms with Crippen LogP contribution >= 0.6 is 15.9 Å². The number of fused-ring (bicyclic) bond motifs is 1. The Labute approximate surface area is 158 Å². The lowest BCUT2D eigenvalue weighted by atomic mass is 10.1. The van der Waals surface area contributed by atoms with Gasteiger partial charge < -0.3 is 4.74 Å². The standard InChI is InChI=1S/C19H15BrN4O2/c1-23-11-13(10-21-23)12-6-7-17-16(8-12)18(19(25)26-2)22-24(17)15-5-3-4-14(20)9-15/h3-11H,1-2H3. The molecule has 0 radical (unpaired) electrons. The number of nitrogens with zero attached hydrogens (tertiary/aromatic N) is 4. The maximum atomic E-state index is 12.3. The number of benzene rings is 2. The minimum Gasteiger partial charge on any atom is -0.464 e. The monoisotopic (exact) mass is 410 g/mol. The first-order valence-electron chi connectivity index (χ1n) is 7.93. The summed E-state index contributed by atoms with van der Waals surface area (Å²) in [7, 11) is 3.23. The number of carbonyl (C=O) groups is 1. The maximum absolute atomic E-state index is 12.3. The molecule has 0 amide bonds. The number of halogens is 1. The molecule has 2 aromatic heterocycles. The summed E-state index contributed by atoms with van der Waals surface area (Å²) in [6.07, 6.45) is 3.72. The minimum atomic E-state index is -0.466. The molecule has 0 N–H and O–H groups in total. The van der Waals surface area contributed by atoms with Crippen LogP contribution in [0.3, 0.4) is 0 Å². The van der Waals surface area contributed by atoms with E-state index >= 15 is 0 Å². The Kier molecular flexibility index (Phi) is 4.08. The number of esters is 1. The molecule has 0 fully saturated rings. The van der Waals surface area contributed by atoms with E-state index < -0.39 is 5.97 Å². The molecule has 6 nitrogen and oxygen atoms in total. The van der Waals surface area contributed by atoms with Gasteiger partial charge in [0.05, 0.1) is 24.5 Å². The van der Waals surface area contributed by atoms with Crippen molar-refractivity contribution in [1.29, 1.82) is 0 Å². The van der Waals surface area contributed by atoms with Crippen molar-refractivity contribution in [3.63, 3.8) is 0 Å². The Morgan fingerprint density at radius 2 is 2.00 bits per heavy atom. The van der Waals surface area contributed by atoms with Crippen molar-refractivity contribution in [2.75, 3.05) is 7.11 Å². The molecule has 0 aliphatic carbocycles. The van der Waals surface area contributed by atoms with Gasteiger partial charge in [-0.3, -0.25) is 4.68 Å². The van der Waals surface area contributed by atoms with Crippen LogP contribution in [-0.4, -0.2) is 32.6 Å². The number of hydrogen-bond donors (Lipinski definition) is 0. The van der Waals surface area contributed by atoms with E-state index in [0.29, 0.717) is 0 Å².